The molecule has 2 unspecified atom stereocenters. The minimum absolute atomic E-state index is 0.312. The molecule has 0 aromatic heterocycles. The largest absolute Gasteiger partial charge is 0.423 e. The monoisotopic (exact) mass is 252 g/mol. The van der Waals surface area contributed by atoms with Crippen LogP contribution in [0.2, 0.25) is 0 Å². The maximum Gasteiger partial charge on any atom is 0.343 e. The molecule has 0 spiro atoms. The van der Waals surface area contributed by atoms with E-state index >= 15 is 0 Å². The molecule has 2 aromatic rings. The predicted octanol–water partition coefficient (Wildman–Crippen LogP) is 4.03. The van der Waals surface area contributed by atoms with Gasteiger partial charge in [0, 0.05) is 0 Å². The maximum absolute atomic E-state index is 11.9. The van der Waals surface area contributed by atoms with Gasteiger partial charge in [0.1, 0.15) is 5.75 Å². The lowest BCUT2D eigenvalue weighted by Crippen LogP contribution is -2.07. The molecule has 96 valence electrons. The van der Waals surface area contributed by atoms with Crippen molar-refractivity contribution in [1.82, 2.24) is 0 Å². The van der Waals surface area contributed by atoms with Gasteiger partial charge < -0.3 is 4.74 Å². The minimum atomic E-state index is -0.312. The van der Waals surface area contributed by atoms with E-state index in [9.17, 15) is 4.79 Å². The van der Waals surface area contributed by atoms with Gasteiger partial charge in [-0.1, -0.05) is 37.3 Å². The lowest BCUT2D eigenvalue weighted by Gasteiger charge is -2.05. The van der Waals surface area contributed by atoms with Crippen LogP contribution in [0.5, 0.6) is 5.75 Å². The second-order valence-corrected chi connectivity index (χ2v) is 5.14. The summed E-state index contributed by atoms with van der Waals surface area (Å²) in [4.78, 5) is 11.9. The predicted molar refractivity (Wildman–Crippen MR) is 74.4 cm³/mol. The normalized spacial score (nSPS) is 20.9. The molecule has 0 radical (unpaired) electrons. The first kappa shape index (κ1) is 12.0. The standard InChI is InChI=1S/C17H16O2/c1-12-11-16(12)13-7-9-15(10-8-13)19-17(18)14-5-3-2-4-6-14/h2-10,12,16H,11H2,1H3. The Morgan fingerprint density at radius 2 is 1.68 bits per heavy atom. The van der Waals surface area contributed by atoms with E-state index in [1.165, 1.54) is 12.0 Å². The van der Waals surface area contributed by atoms with E-state index in [1.807, 2.05) is 30.3 Å². The van der Waals surface area contributed by atoms with Crippen molar-refractivity contribution in [2.75, 3.05) is 0 Å². The summed E-state index contributed by atoms with van der Waals surface area (Å²) in [6.45, 7) is 2.26. The van der Waals surface area contributed by atoms with Crippen molar-refractivity contribution in [2.24, 2.45) is 5.92 Å². The summed E-state index contributed by atoms with van der Waals surface area (Å²) in [5.41, 5.74) is 1.91. The maximum atomic E-state index is 11.9. The lowest BCUT2D eigenvalue weighted by molar-refractivity contribution is 0.0734. The number of benzene rings is 2. The molecule has 0 aliphatic heterocycles. The van der Waals surface area contributed by atoms with E-state index < -0.39 is 0 Å². The van der Waals surface area contributed by atoms with E-state index in [0.29, 0.717) is 17.2 Å². The lowest BCUT2D eigenvalue weighted by atomic mass is 10.1. The fourth-order valence-electron chi connectivity index (χ4n) is 2.31. The number of carbonyl (C=O) groups is 1. The Morgan fingerprint density at radius 3 is 2.26 bits per heavy atom. The highest BCUT2D eigenvalue weighted by Crippen LogP contribution is 2.47. The SMILES string of the molecule is CC1CC1c1ccc(OC(=O)c2ccccc2)cc1. The van der Waals surface area contributed by atoms with Gasteiger partial charge in [-0.15, -0.1) is 0 Å². The first-order valence-corrected chi connectivity index (χ1v) is 6.61. The number of hydrogen-bond donors (Lipinski definition) is 0. The molecular formula is C17H16O2. The Labute approximate surface area is 113 Å². The Kier molecular flexibility index (Phi) is 3.08. The first-order chi connectivity index (χ1) is 9.24. The number of hydrogen-bond acceptors (Lipinski definition) is 2. The first-order valence-electron chi connectivity index (χ1n) is 6.61. The Bertz CT molecular complexity index is 572. The van der Waals surface area contributed by atoms with Crippen molar-refractivity contribution in [3.8, 4) is 5.75 Å². The highest BCUT2D eigenvalue weighted by Gasteiger charge is 2.33. The highest BCUT2D eigenvalue weighted by molar-refractivity contribution is 5.90. The van der Waals surface area contributed by atoms with Gasteiger partial charge in [-0.3, -0.25) is 0 Å². The van der Waals surface area contributed by atoms with Crippen LogP contribution in [-0.2, 0) is 0 Å². The number of carbonyl (C=O) groups excluding carboxylic acids is 1. The molecule has 2 aromatic carbocycles. The average molecular weight is 252 g/mol. The third kappa shape index (κ3) is 2.68. The van der Waals surface area contributed by atoms with Crippen molar-refractivity contribution >= 4 is 5.97 Å². The van der Waals surface area contributed by atoms with Crippen LogP contribution in [-0.4, -0.2) is 5.97 Å². The van der Waals surface area contributed by atoms with Gasteiger partial charge in [0.05, 0.1) is 5.56 Å². The van der Waals surface area contributed by atoms with Crippen LogP contribution in [0, 0.1) is 5.92 Å². The Hall–Kier alpha value is -2.09. The second-order valence-electron chi connectivity index (χ2n) is 5.14. The zero-order valence-electron chi connectivity index (χ0n) is 10.9. The van der Waals surface area contributed by atoms with E-state index in [2.05, 4.69) is 19.1 Å². The third-order valence-electron chi connectivity index (χ3n) is 3.64. The summed E-state index contributed by atoms with van der Waals surface area (Å²) >= 11 is 0. The molecule has 0 N–H and O–H groups in total. The van der Waals surface area contributed by atoms with Crippen molar-refractivity contribution in [3.63, 3.8) is 0 Å². The van der Waals surface area contributed by atoms with Gasteiger partial charge in [-0.25, -0.2) is 4.79 Å². The molecule has 0 saturated heterocycles. The van der Waals surface area contributed by atoms with Crippen molar-refractivity contribution < 1.29 is 9.53 Å². The van der Waals surface area contributed by atoms with E-state index in [4.69, 9.17) is 4.74 Å². The molecule has 1 aliphatic rings. The number of esters is 1. The Balaban J connectivity index is 1.68. The molecule has 0 heterocycles. The zero-order valence-corrected chi connectivity index (χ0v) is 10.9. The van der Waals surface area contributed by atoms with Crippen LogP contribution in [0.15, 0.2) is 54.6 Å². The smallest absolute Gasteiger partial charge is 0.343 e. The van der Waals surface area contributed by atoms with Gasteiger partial charge >= 0.3 is 5.97 Å². The molecule has 1 aliphatic carbocycles. The summed E-state index contributed by atoms with van der Waals surface area (Å²) in [7, 11) is 0. The van der Waals surface area contributed by atoms with E-state index in [1.54, 1.807) is 12.1 Å². The van der Waals surface area contributed by atoms with Crippen LogP contribution in [0.3, 0.4) is 0 Å². The van der Waals surface area contributed by atoms with Crippen LogP contribution < -0.4 is 4.74 Å². The van der Waals surface area contributed by atoms with Crippen molar-refractivity contribution in [3.05, 3.63) is 65.7 Å². The van der Waals surface area contributed by atoms with Gasteiger partial charge in [-0.05, 0) is 48.1 Å². The quantitative estimate of drug-likeness (QED) is 0.609. The zero-order chi connectivity index (χ0) is 13.2. The fraction of sp³-hybridized carbons (Fsp3) is 0.235. The van der Waals surface area contributed by atoms with Crippen LogP contribution >= 0.6 is 0 Å². The number of rotatable bonds is 3. The van der Waals surface area contributed by atoms with Crippen LogP contribution in [0.25, 0.3) is 0 Å². The fourth-order valence-corrected chi connectivity index (χ4v) is 2.31. The third-order valence-corrected chi connectivity index (χ3v) is 3.64. The molecule has 1 saturated carbocycles. The number of ether oxygens (including phenoxy) is 1. The van der Waals surface area contributed by atoms with Crippen LogP contribution in [0.4, 0.5) is 0 Å². The minimum Gasteiger partial charge on any atom is -0.423 e. The highest BCUT2D eigenvalue weighted by atomic mass is 16.5. The summed E-state index contributed by atoms with van der Waals surface area (Å²) in [5.74, 6) is 1.77. The average Bonchev–Trinajstić information content (AvgIpc) is 3.18. The van der Waals surface area contributed by atoms with Crippen LogP contribution in [0.1, 0.15) is 35.2 Å². The molecule has 0 bridgehead atoms. The second kappa shape index (κ2) is 4.88. The Morgan fingerprint density at radius 1 is 1.05 bits per heavy atom. The molecule has 2 heteroatoms. The van der Waals surface area contributed by atoms with Gasteiger partial charge in [0.25, 0.3) is 0 Å². The molecule has 1 fully saturated rings. The summed E-state index contributed by atoms with van der Waals surface area (Å²) in [5, 5.41) is 0. The topological polar surface area (TPSA) is 26.3 Å². The van der Waals surface area contributed by atoms with Crippen molar-refractivity contribution in [2.45, 2.75) is 19.3 Å². The van der Waals surface area contributed by atoms with Gasteiger partial charge in [0.2, 0.25) is 0 Å². The molecule has 0 amide bonds. The van der Waals surface area contributed by atoms with E-state index in [0.717, 1.165) is 5.92 Å². The summed E-state index contributed by atoms with van der Waals surface area (Å²) in [6.07, 6.45) is 1.27. The molecule has 2 nitrogen and oxygen atoms in total. The van der Waals surface area contributed by atoms with Gasteiger partial charge in [0.15, 0.2) is 0 Å². The molecule has 2 atom stereocenters. The summed E-state index contributed by atoms with van der Waals surface area (Å²) in [6, 6.07) is 16.9. The molecule has 3 rings (SSSR count). The van der Waals surface area contributed by atoms with Gasteiger partial charge in [-0.2, -0.15) is 0 Å². The van der Waals surface area contributed by atoms with E-state index in [-0.39, 0.29) is 5.97 Å². The summed E-state index contributed by atoms with van der Waals surface area (Å²) < 4.78 is 5.34. The van der Waals surface area contributed by atoms with Crippen molar-refractivity contribution in [1.29, 1.82) is 0 Å². The molecular weight excluding hydrogens is 236 g/mol. The molecule has 19 heavy (non-hydrogen) atoms.